The number of carbonyl (C=O) groups is 1. The van der Waals surface area contributed by atoms with Crippen LogP contribution in [0, 0.1) is 6.92 Å². The lowest BCUT2D eigenvalue weighted by molar-refractivity contribution is 0.137. The normalized spacial score (nSPS) is 20.0. The van der Waals surface area contributed by atoms with Crippen LogP contribution in [0.5, 0.6) is 0 Å². The molecule has 1 aliphatic heterocycles. The highest BCUT2D eigenvalue weighted by atomic mass is 32.1. The van der Waals surface area contributed by atoms with Gasteiger partial charge in [0.2, 0.25) is 0 Å². The fraction of sp³-hybridized carbons (Fsp3) is 0.333. The van der Waals surface area contributed by atoms with Gasteiger partial charge in [0.1, 0.15) is 22.0 Å². The molecule has 4 rings (SSSR count). The third-order valence-electron chi connectivity index (χ3n) is 4.61. The van der Waals surface area contributed by atoms with Crippen LogP contribution in [-0.4, -0.2) is 51.4 Å². The number of nitrogens with one attached hydrogen (secondary N) is 1. The highest BCUT2D eigenvalue weighted by Gasteiger charge is 2.29. The van der Waals surface area contributed by atoms with Crippen molar-refractivity contribution in [1.29, 1.82) is 0 Å². The Morgan fingerprint density at radius 1 is 1.33 bits per heavy atom. The van der Waals surface area contributed by atoms with E-state index in [1.165, 1.54) is 16.2 Å². The number of piperidine rings is 1. The number of amides is 2. The summed E-state index contributed by atoms with van der Waals surface area (Å²) in [5, 5.41) is 14.6. The molecular weight excluding hydrogens is 367 g/mol. The summed E-state index contributed by atoms with van der Waals surface area (Å²) in [7, 11) is 0. The predicted molar refractivity (Wildman–Crippen MR) is 103 cm³/mol. The third kappa shape index (κ3) is 3.74. The number of rotatable bonds is 2. The molecule has 1 saturated heterocycles. The first-order chi connectivity index (χ1) is 13.0. The molecule has 2 aromatic heterocycles. The van der Waals surface area contributed by atoms with Crippen molar-refractivity contribution < 1.29 is 9.18 Å². The lowest BCUT2D eigenvalue weighted by Crippen LogP contribution is -2.51. The maximum Gasteiger partial charge on any atom is 0.323 e. The van der Waals surface area contributed by atoms with Crippen LogP contribution in [0.2, 0.25) is 0 Å². The molecule has 1 aromatic carbocycles. The summed E-state index contributed by atoms with van der Waals surface area (Å²) >= 11 is 1.52. The van der Waals surface area contributed by atoms with Crippen LogP contribution in [0.3, 0.4) is 0 Å². The van der Waals surface area contributed by atoms with E-state index in [4.69, 9.17) is 5.73 Å². The molecule has 1 aliphatic rings. The summed E-state index contributed by atoms with van der Waals surface area (Å²) in [6, 6.07) is 6.85. The second-order valence-corrected chi connectivity index (χ2v) is 7.78. The van der Waals surface area contributed by atoms with Gasteiger partial charge < -0.3 is 10.6 Å². The van der Waals surface area contributed by atoms with Crippen LogP contribution in [0.1, 0.15) is 11.4 Å². The molecule has 0 radical (unpaired) electrons. The van der Waals surface area contributed by atoms with Gasteiger partial charge in [0.05, 0.1) is 6.54 Å². The zero-order valence-electron chi connectivity index (χ0n) is 14.7. The number of alkyl halides is 1. The number of urea groups is 1. The Morgan fingerprint density at radius 3 is 2.93 bits per heavy atom. The van der Waals surface area contributed by atoms with E-state index in [0.717, 1.165) is 26.4 Å². The Balaban J connectivity index is 1.54. The van der Waals surface area contributed by atoms with Gasteiger partial charge in [-0.25, -0.2) is 14.2 Å². The van der Waals surface area contributed by atoms with Gasteiger partial charge in [0, 0.05) is 29.7 Å². The minimum atomic E-state index is -1.20. The van der Waals surface area contributed by atoms with E-state index in [-0.39, 0.29) is 12.6 Å². The summed E-state index contributed by atoms with van der Waals surface area (Å²) in [5.74, 6) is 0.420. The van der Waals surface area contributed by atoms with Crippen molar-refractivity contribution >= 4 is 34.0 Å². The number of likely N-dealkylation sites (tertiary alicyclic amines) is 1. The topological polar surface area (TPSA) is 97.0 Å². The molecule has 3 heterocycles. The van der Waals surface area contributed by atoms with Gasteiger partial charge in [-0.2, -0.15) is 0 Å². The van der Waals surface area contributed by atoms with Crippen LogP contribution < -0.4 is 11.1 Å². The van der Waals surface area contributed by atoms with E-state index in [0.29, 0.717) is 18.8 Å². The predicted octanol–water partition coefficient (Wildman–Crippen LogP) is 2.96. The third-order valence-corrected chi connectivity index (χ3v) is 5.50. The summed E-state index contributed by atoms with van der Waals surface area (Å²) in [6.07, 6.45) is 0.945. The highest BCUT2D eigenvalue weighted by Crippen LogP contribution is 2.27. The summed E-state index contributed by atoms with van der Waals surface area (Å²) in [6.45, 7) is 2.35. The van der Waals surface area contributed by atoms with Crippen molar-refractivity contribution in [3.8, 4) is 10.6 Å². The molecule has 0 aliphatic carbocycles. The van der Waals surface area contributed by atoms with Crippen LogP contribution in [0.15, 0.2) is 30.5 Å². The van der Waals surface area contributed by atoms with Crippen molar-refractivity contribution in [2.24, 2.45) is 5.73 Å². The van der Waals surface area contributed by atoms with Crippen LogP contribution >= 0.6 is 11.3 Å². The average molecular weight is 386 g/mol. The number of nitrogens with zero attached hydrogens (tertiary/aromatic N) is 4. The van der Waals surface area contributed by atoms with Crippen molar-refractivity contribution in [3.63, 3.8) is 0 Å². The van der Waals surface area contributed by atoms with Crippen molar-refractivity contribution in [2.75, 3.05) is 18.4 Å². The van der Waals surface area contributed by atoms with Gasteiger partial charge in [-0.3, -0.25) is 5.32 Å². The number of benzene rings is 1. The molecule has 0 unspecified atom stereocenters. The van der Waals surface area contributed by atoms with Crippen LogP contribution in [0.25, 0.3) is 21.3 Å². The molecule has 0 spiro atoms. The van der Waals surface area contributed by atoms with Crippen molar-refractivity contribution in [2.45, 2.75) is 25.6 Å². The Kier molecular flexibility index (Phi) is 4.71. The lowest BCUT2D eigenvalue weighted by atomic mass is 10.0. The molecular formula is C18H19FN6OS. The van der Waals surface area contributed by atoms with E-state index in [1.807, 2.05) is 25.1 Å². The molecule has 0 bridgehead atoms. The van der Waals surface area contributed by atoms with E-state index in [9.17, 15) is 9.18 Å². The number of nitrogens with two attached hydrogens (primary N) is 1. The Hall–Kier alpha value is -2.65. The molecule has 0 saturated carbocycles. The number of aryl methyl sites for hydroxylation is 1. The molecule has 3 aromatic rings. The number of hydrogen-bond acceptors (Lipinski definition) is 6. The molecule has 2 atom stereocenters. The molecule has 140 valence electrons. The first-order valence-corrected chi connectivity index (χ1v) is 9.47. The second kappa shape index (κ2) is 7.16. The van der Waals surface area contributed by atoms with Gasteiger partial charge in [-0.05, 0) is 30.9 Å². The first-order valence-electron chi connectivity index (χ1n) is 8.65. The summed E-state index contributed by atoms with van der Waals surface area (Å²) in [5.41, 5.74) is 6.62. The second-order valence-electron chi connectivity index (χ2n) is 6.60. The van der Waals surface area contributed by atoms with E-state index in [1.54, 1.807) is 12.3 Å². The number of carbonyl (C=O) groups excluding carboxylic acids is 1. The van der Waals surface area contributed by atoms with Crippen molar-refractivity contribution in [1.82, 2.24) is 20.1 Å². The molecule has 3 N–H and O–H groups in total. The van der Waals surface area contributed by atoms with Gasteiger partial charge in [-0.15, -0.1) is 10.2 Å². The maximum absolute atomic E-state index is 13.8. The smallest absolute Gasteiger partial charge is 0.323 e. The number of pyridine rings is 1. The highest BCUT2D eigenvalue weighted by molar-refractivity contribution is 7.14. The number of aromatic nitrogens is 3. The Labute approximate surface area is 159 Å². The Morgan fingerprint density at radius 2 is 2.19 bits per heavy atom. The fourth-order valence-corrected chi connectivity index (χ4v) is 3.74. The first kappa shape index (κ1) is 17.7. The monoisotopic (exact) mass is 386 g/mol. The minimum Gasteiger partial charge on any atom is -0.325 e. The fourth-order valence-electron chi connectivity index (χ4n) is 3.05. The van der Waals surface area contributed by atoms with Crippen LogP contribution in [-0.2, 0) is 0 Å². The van der Waals surface area contributed by atoms with E-state index >= 15 is 0 Å². The zero-order valence-corrected chi connectivity index (χ0v) is 15.5. The van der Waals surface area contributed by atoms with Gasteiger partial charge in [-0.1, -0.05) is 23.5 Å². The van der Waals surface area contributed by atoms with Gasteiger partial charge in [0.15, 0.2) is 0 Å². The maximum atomic E-state index is 13.8. The van der Waals surface area contributed by atoms with Crippen LogP contribution in [0.4, 0.5) is 15.0 Å². The molecule has 27 heavy (non-hydrogen) atoms. The Bertz CT molecular complexity index is 993. The molecule has 2 amide bonds. The number of fused-ring (bicyclic) bond motifs is 1. The largest absolute Gasteiger partial charge is 0.325 e. The van der Waals surface area contributed by atoms with Crippen molar-refractivity contribution in [3.05, 3.63) is 35.5 Å². The zero-order chi connectivity index (χ0) is 19.0. The SMILES string of the molecule is Cc1nnc(-c2ccc3cnc(NC(=O)N4CC[C@H](N)[C@@H](F)C4)cc3c2)s1. The quantitative estimate of drug-likeness (QED) is 0.706. The summed E-state index contributed by atoms with van der Waals surface area (Å²) < 4.78 is 13.8. The van der Waals surface area contributed by atoms with E-state index < -0.39 is 12.2 Å². The van der Waals surface area contributed by atoms with E-state index in [2.05, 4.69) is 20.5 Å². The number of halogens is 1. The standard InChI is InChI=1S/C18H19FN6OS/c1-10-23-24-17(27-10)11-2-3-12-8-21-16(7-13(12)6-11)22-18(26)25-5-4-15(20)14(19)9-25/h2-3,6-8,14-15H,4-5,9,20H2,1H3,(H,21,22,26)/t14-,15-/m0/s1. The van der Waals surface area contributed by atoms with Gasteiger partial charge >= 0.3 is 6.03 Å². The number of hydrogen-bond donors (Lipinski definition) is 2. The molecule has 7 nitrogen and oxygen atoms in total. The minimum absolute atomic E-state index is 0.00112. The molecule has 1 fully saturated rings. The average Bonchev–Trinajstić information content (AvgIpc) is 3.09. The summed E-state index contributed by atoms with van der Waals surface area (Å²) in [4.78, 5) is 18.1. The van der Waals surface area contributed by atoms with Gasteiger partial charge in [0.25, 0.3) is 0 Å². The molecule has 9 heteroatoms. The number of anilines is 1. The lowest BCUT2D eigenvalue weighted by Gasteiger charge is -2.32.